The molecule has 5 N–H and O–H groups in total. The van der Waals surface area contributed by atoms with Crippen LogP contribution in [-0.4, -0.2) is 15.9 Å². The first-order valence-electron chi connectivity index (χ1n) is 8.72. The molecule has 0 aliphatic rings. The van der Waals surface area contributed by atoms with Gasteiger partial charge in [-0.05, 0) is 42.5 Å². The first kappa shape index (κ1) is 17.5. The second-order valence-electron chi connectivity index (χ2n) is 6.32. The van der Waals surface area contributed by atoms with Gasteiger partial charge in [-0.2, -0.15) is 0 Å². The molecule has 0 aliphatic carbocycles. The summed E-state index contributed by atoms with van der Waals surface area (Å²) in [5, 5.41) is 6.80. The van der Waals surface area contributed by atoms with E-state index >= 15 is 0 Å². The van der Waals surface area contributed by atoms with Gasteiger partial charge in [0, 0.05) is 34.9 Å². The largest absolute Gasteiger partial charge is 0.382 e. The van der Waals surface area contributed by atoms with Crippen LogP contribution in [0.2, 0.25) is 0 Å². The molecule has 2 heterocycles. The van der Waals surface area contributed by atoms with Crippen molar-refractivity contribution >= 4 is 34.0 Å². The summed E-state index contributed by atoms with van der Waals surface area (Å²) < 4.78 is 14.2. The Morgan fingerprint density at radius 3 is 2.79 bits per heavy atom. The number of nitrogens with zero attached hydrogens (tertiary/aromatic N) is 1. The van der Waals surface area contributed by atoms with E-state index in [9.17, 15) is 9.18 Å². The van der Waals surface area contributed by atoms with Gasteiger partial charge in [-0.15, -0.1) is 0 Å². The van der Waals surface area contributed by atoms with Crippen molar-refractivity contribution in [3.05, 3.63) is 83.9 Å². The molecule has 140 valence electrons. The first-order chi connectivity index (χ1) is 13.6. The Morgan fingerprint density at radius 1 is 1.11 bits per heavy atom. The minimum atomic E-state index is -0.376. The van der Waals surface area contributed by atoms with Crippen molar-refractivity contribution in [2.45, 2.75) is 6.54 Å². The van der Waals surface area contributed by atoms with Gasteiger partial charge in [-0.1, -0.05) is 18.2 Å². The molecule has 4 aromatic rings. The van der Waals surface area contributed by atoms with Gasteiger partial charge in [0.2, 0.25) is 0 Å². The number of rotatable bonds is 5. The third-order valence-electron chi connectivity index (χ3n) is 4.39. The molecule has 0 bridgehead atoms. The summed E-state index contributed by atoms with van der Waals surface area (Å²) in [5.74, 6) is -0.331. The highest BCUT2D eigenvalue weighted by Crippen LogP contribution is 2.20. The summed E-state index contributed by atoms with van der Waals surface area (Å²) in [7, 11) is 0. The lowest BCUT2D eigenvalue weighted by Crippen LogP contribution is -2.13. The molecule has 0 aliphatic heterocycles. The average Bonchev–Trinajstić information content (AvgIpc) is 3.14. The lowest BCUT2D eigenvalue weighted by molar-refractivity contribution is 0.102. The van der Waals surface area contributed by atoms with Crippen LogP contribution in [-0.2, 0) is 6.54 Å². The second-order valence-corrected chi connectivity index (χ2v) is 6.32. The molecule has 4 rings (SSSR count). The Labute approximate surface area is 160 Å². The summed E-state index contributed by atoms with van der Waals surface area (Å²) in [6, 6.07) is 17.4. The molecule has 0 atom stereocenters. The Kier molecular flexibility index (Phi) is 4.63. The van der Waals surface area contributed by atoms with Crippen LogP contribution in [0.3, 0.4) is 0 Å². The predicted molar refractivity (Wildman–Crippen MR) is 109 cm³/mol. The molecule has 0 saturated heterocycles. The van der Waals surface area contributed by atoms with E-state index < -0.39 is 0 Å². The van der Waals surface area contributed by atoms with Crippen LogP contribution in [0, 0.1) is 5.82 Å². The van der Waals surface area contributed by atoms with E-state index in [0.29, 0.717) is 28.5 Å². The standard InChI is InChI=1S/C21H18FN5O/c22-16-8-7-15(10-14(16)12-25-18-6-3-9-24-20(18)23)26-21(28)19-11-13-4-1-2-5-17(13)27-19/h1-11,25,27H,12H2,(H2,23,24)(H,26,28). The molecule has 6 nitrogen and oxygen atoms in total. The number of benzene rings is 2. The number of amides is 1. The van der Waals surface area contributed by atoms with Crippen LogP contribution in [0.4, 0.5) is 21.6 Å². The van der Waals surface area contributed by atoms with E-state index in [1.807, 2.05) is 24.3 Å². The molecule has 2 aromatic carbocycles. The van der Waals surface area contributed by atoms with Crippen molar-refractivity contribution in [2.24, 2.45) is 0 Å². The number of H-pyrrole nitrogens is 1. The zero-order chi connectivity index (χ0) is 19.5. The van der Waals surface area contributed by atoms with Crippen molar-refractivity contribution in [3.8, 4) is 0 Å². The number of para-hydroxylation sites is 1. The number of pyridine rings is 1. The van der Waals surface area contributed by atoms with Crippen LogP contribution in [0.15, 0.2) is 66.9 Å². The van der Waals surface area contributed by atoms with E-state index in [-0.39, 0.29) is 18.3 Å². The van der Waals surface area contributed by atoms with Crippen LogP contribution < -0.4 is 16.4 Å². The molecule has 0 spiro atoms. The number of halogens is 1. The number of nitrogens with two attached hydrogens (primary N) is 1. The molecular formula is C21H18FN5O. The fourth-order valence-corrected chi connectivity index (χ4v) is 2.94. The SMILES string of the molecule is Nc1ncccc1NCc1cc(NC(=O)c2cc3ccccc3[nH]2)ccc1F. The number of carbonyl (C=O) groups is 1. The molecule has 2 aromatic heterocycles. The molecule has 1 amide bonds. The molecule has 7 heteroatoms. The quantitative estimate of drug-likeness (QED) is 0.421. The normalized spacial score (nSPS) is 10.8. The smallest absolute Gasteiger partial charge is 0.272 e. The predicted octanol–water partition coefficient (Wildman–Crippen LogP) is 4.15. The van der Waals surface area contributed by atoms with E-state index in [1.54, 1.807) is 30.5 Å². The highest BCUT2D eigenvalue weighted by atomic mass is 19.1. The molecule has 0 radical (unpaired) electrons. The lowest BCUT2D eigenvalue weighted by Gasteiger charge is -2.11. The van der Waals surface area contributed by atoms with Gasteiger partial charge in [0.25, 0.3) is 5.91 Å². The second kappa shape index (κ2) is 7.40. The number of nitrogens with one attached hydrogen (secondary N) is 3. The van der Waals surface area contributed by atoms with E-state index in [2.05, 4.69) is 20.6 Å². The third kappa shape index (κ3) is 3.64. The first-order valence-corrected chi connectivity index (χ1v) is 8.72. The van der Waals surface area contributed by atoms with Crippen LogP contribution >= 0.6 is 0 Å². The van der Waals surface area contributed by atoms with Gasteiger partial charge in [-0.25, -0.2) is 9.37 Å². The fourth-order valence-electron chi connectivity index (χ4n) is 2.94. The third-order valence-corrected chi connectivity index (χ3v) is 4.39. The number of hydrogen-bond acceptors (Lipinski definition) is 4. The number of carbonyl (C=O) groups excluding carboxylic acids is 1. The summed E-state index contributed by atoms with van der Waals surface area (Å²) >= 11 is 0. The van der Waals surface area contributed by atoms with Gasteiger partial charge in [0.15, 0.2) is 0 Å². The minimum absolute atomic E-state index is 0.206. The van der Waals surface area contributed by atoms with Crippen molar-refractivity contribution < 1.29 is 9.18 Å². The number of aromatic nitrogens is 2. The molecule has 0 saturated carbocycles. The molecule has 0 unspecified atom stereocenters. The summed E-state index contributed by atoms with van der Waals surface area (Å²) in [4.78, 5) is 19.6. The van der Waals surface area contributed by atoms with E-state index in [1.165, 1.54) is 12.1 Å². The van der Waals surface area contributed by atoms with Gasteiger partial charge >= 0.3 is 0 Å². The van der Waals surface area contributed by atoms with Gasteiger partial charge in [-0.3, -0.25) is 4.79 Å². The van der Waals surface area contributed by atoms with Crippen molar-refractivity contribution in [1.82, 2.24) is 9.97 Å². The van der Waals surface area contributed by atoms with E-state index in [0.717, 1.165) is 10.9 Å². The monoisotopic (exact) mass is 375 g/mol. The Bertz CT molecular complexity index is 1120. The Balaban J connectivity index is 1.50. The van der Waals surface area contributed by atoms with Crippen LogP contribution in [0.5, 0.6) is 0 Å². The highest BCUT2D eigenvalue weighted by molar-refractivity contribution is 6.05. The zero-order valence-electron chi connectivity index (χ0n) is 14.9. The van der Waals surface area contributed by atoms with Crippen LogP contribution in [0.1, 0.15) is 16.1 Å². The maximum Gasteiger partial charge on any atom is 0.272 e. The number of anilines is 3. The summed E-state index contributed by atoms with van der Waals surface area (Å²) in [6.07, 6.45) is 1.58. The molecular weight excluding hydrogens is 357 g/mol. The van der Waals surface area contributed by atoms with Gasteiger partial charge < -0.3 is 21.4 Å². The molecule has 28 heavy (non-hydrogen) atoms. The number of hydrogen-bond donors (Lipinski definition) is 4. The maximum absolute atomic E-state index is 14.2. The minimum Gasteiger partial charge on any atom is -0.382 e. The fraction of sp³-hybridized carbons (Fsp3) is 0.0476. The summed E-state index contributed by atoms with van der Waals surface area (Å²) in [5.41, 5.74) is 8.63. The Hall–Kier alpha value is -3.87. The number of nitrogen functional groups attached to an aromatic ring is 1. The molecule has 0 fully saturated rings. The maximum atomic E-state index is 14.2. The van der Waals surface area contributed by atoms with Crippen molar-refractivity contribution in [3.63, 3.8) is 0 Å². The Morgan fingerprint density at radius 2 is 1.96 bits per heavy atom. The number of fused-ring (bicyclic) bond motifs is 1. The van der Waals surface area contributed by atoms with Crippen molar-refractivity contribution in [2.75, 3.05) is 16.4 Å². The highest BCUT2D eigenvalue weighted by Gasteiger charge is 2.11. The van der Waals surface area contributed by atoms with Crippen molar-refractivity contribution in [1.29, 1.82) is 0 Å². The van der Waals surface area contributed by atoms with E-state index in [4.69, 9.17) is 5.73 Å². The average molecular weight is 375 g/mol. The number of aromatic amines is 1. The zero-order valence-corrected chi connectivity index (χ0v) is 14.9. The van der Waals surface area contributed by atoms with Crippen LogP contribution in [0.25, 0.3) is 10.9 Å². The topological polar surface area (TPSA) is 95.8 Å². The summed E-state index contributed by atoms with van der Waals surface area (Å²) in [6.45, 7) is 0.206. The van der Waals surface area contributed by atoms with Gasteiger partial charge in [0.1, 0.15) is 17.3 Å². The van der Waals surface area contributed by atoms with Gasteiger partial charge in [0.05, 0.1) is 5.69 Å². The lowest BCUT2D eigenvalue weighted by atomic mass is 10.1.